The standard InChI is InChI=1S/C27H24F3N5O3/c1-14(15-4-3-5-18(10-15)27(28,29)30)32-24(36)17-11-21(26(38-2)31-13-17)16-6-9-20-22(12-16)34-35-23(20)25(37)33-19-7-8-19/h3-6,9-14,19H,7-8H2,1-2H3,(H,32,36)(H,33,37)(H,34,35)/t14-/m0/s1/i13D. The number of alkyl halides is 3. The predicted octanol–water partition coefficient (Wildman–Crippen LogP) is 5.04. The first-order valence-corrected chi connectivity index (χ1v) is 11.9. The number of carbonyl (C=O) groups is 2. The second kappa shape index (κ2) is 9.81. The third-order valence-electron chi connectivity index (χ3n) is 6.30. The summed E-state index contributed by atoms with van der Waals surface area (Å²) in [6.45, 7) is 1.55. The number of carbonyl (C=O) groups excluding carboxylic acids is 2. The molecule has 0 bridgehead atoms. The summed E-state index contributed by atoms with van der Waals surface area (Å²) in [4.78, 5) is 29.7. The lowest BCUT2D eigenvalue weighted by atomic mass is 10.0. The van der Waals surface area contributed by atoms with Crippen molar-refractivity contribution < 1.29 is 28.9 Å². The SMILES string of the molecule is [2H]c1nc(OC)c(-c2ccc3c(C(=O)NC4CC4)n[nH]c3c2)cc1C(=O)N[C@@H](C)c1cccc(C(F)(F)F)c1. The second-order valence-electron chi connectivity index (χ2n) is 9.10. The van der Waals surface area contributed by atoms with Crippen LogP contribution < -0.4 is 15.4 Å². The van der Waals surface area contributed by atoms with E-state index in [0.717, 1.165) is 25.0 Å². The van der Waals surface area contributed by atoms with Gasteiger partial charge in [-0.3, -0.25) is 14.7 Å². The van der Waals surface area contributed by atoms with E-state index in [2.05, 4.69) is 25.8 Å². The van der Waals surface area contributed by atoms with Crippen LogP contribution in [0.4, 0.5) is 13.2 Å². The van der Waals surface area contributed by atoms with Crippen LogP contribution in [0.1, 0.15) is 59.2 Å². The number of aromatic nitrogens is 3. The molecule has 5 rings (SSSR count). The molecule has 8 nitrogen and oxygen atoms in total. The number of pyridine rings is 1. The number of methoxy groups -OCH3 is 1. The lowest BCUT2D eigenvalue weighted by Crippen LogP contribution is -2.27. The molecule has 0 aliphatic heterocycles. The highest BCUT2D eigenvalue weighted by Crippen LogP contribution is 2.33. The third-order valence-corrected chi connectivity index (χ3v) is 6.30. The number of amides is 2. The van der Waals surface area contributed by atoms with E-state index in [1.807, 2.05) is 0 Å². The highest BCUT2D eigenvalue weighted by Gasteiger charge is 2.31. The summed E-state index contributed by atoms with van der Waals surface area (Å²) in [5.41, 5.74) is 1.21. The van der Waals surface area contributed by atoms with Crippen molar-refractivity contribution >= 4 is 22.7 Å². The summed E-state index contributed by atoms with van der Waals surface area (Å²) >= 11 is 0. The third kappa shape index (κ3) is 5.17. The van der Waals surface area contributed by atoms with Crippen LogP contribution >= 0.6 is 0 Å². The Kier molecular flexibility index (Phi) is 6.18. The zero-order valence-electron chi connectivity index (χ0n) is 21.4. The van der Waals surface area contributed by atoms with Crippen LogP contribution in [0.2, 0.25) is 0 Å². The van der Waals surface area contributed by atoms with Crippen LogP contribution in [0.15, 0.2) is 54.7 Å². The number of halogens is 3. The molecule has 0 radical (unpaired) electrons. The minimum Gasteiger partial charge on any atom is -0.481 e. The molecule has 2 aromatic heterocycles. The Morgan fingerprint density at radius 2 is 1.95 bits per heavy atom. The predicted molar refractivity (Wildman–Crippen MR) is 134 cm³/mol. The number of fused-ring (bicyclic) bond motifs is 1. The zero-order chi connectivity index (χ0) is 27.9. The Balaban J connectivity index is 1.43. The van der Waals surface area contributed by atoms with Crippen LogP contribution in [0.3, 0.4) is 0 Å². The van der Waals surface area contributed by atoms with Gasteiger partial charge in [0.15, 0.2) is 5.69 Å². The maximum Gasteiger partial charge on any atom is 0.416 e. The highest BCUT2D eigenvalue weighted by molar-refractivity contribution is 6.05. The lowest BCUT2D eigenvalue weighted by Gasteiger charge is -2.17. The summed E-state index contributed by atoms with van der Waals surface area (Å²) in [6, 6.07) is 10.7. The minimum atomic E-state index is -4.51. The van der Waals surface area contributed by atoms with Crippen molar-refractivity contribution in [2.75, 3.05) is 7.11 Å². The molecule has 1 aliphatic rings. The number of benzene rings is 2. The average Bonchev–Trinajstić information content (AvgIpc) is 3.62. The monoisotopic (exact) mass is 524 g/mol. The van der Waals surface area contributed by atoms with Gasteiger partial charge in [-0.25, -0.2) is 4.98 Å². The summed E-state index contributed by atoms with van der Waals surface area (Å²) in [5.74, 6) is -0.834. The van der Waals surface area contributed by atoms with Gasteiger partial charge in [0, 0.05) is 23.2 Å². The van der Waals surface area contributed by atoms with E-state index in [1.54, 1.807) is 25.1 Å². The van der Waals surface area contributed by atoms with Crippen molar-refractivity contribution in [3.05, 3.63) is 77.1 Å². The molecule has 4 aromatic rings. The Morgan fingerprint density at radius 1 is 1.16 bits per heavy atom. The van der Waals surface area contributed by atoms with Gasteiger partial charge in [0.05, 0.1) is 31.2 Å². The molecule has 2 aromatic carbocycles. The van der Waals surface area contributed by atoms with Crippen LogP contribution in [0.25, 0.3) is 22.0 Å². The van der Waals surface area contributed by atoms with Crippen molar-refractivity contribution in [3.8, 4) is 17.0 Å². The van der Waals surface area contributed by atoms with Crippen LogP contribution in [-0.2, 0) is 6.18 Å². The number of rotatable bonds is 7. The van der Waals surface area contributed by atoms with Gasteiger partial charge in [0.1, 0.15) is 0 Å². The van der Waals surface area contributed by atoms with E-state index in [-0.39, 0.29) is 40.8 Å². The van der Waals surface area contributed by atoms with Crippen molar-refractivity contribution in [1.29, 1.82) is 0 Å². The molecule has 38 heavy (non-hydrogen) atoms. The molecule has 11 heteroatoms. The first-order valence-electron chi connectivity index (χ1n) is 12.4. The van der Waals surface area contributed by atoms with Crippen molar-refractivity contribution in [3.63, 3.8) is 0 Å². The lowest BCUT2D eigenvalue weighted by molar-refractivity contribution is -0.137. The Bertz CT molecular complexity index is 1580. The van der Waals surface area contributed by atoms with Gasteiger partial charge in [-0.1, -0.05) is 18.2 Å². The van der Waals surface area contributed by atoms with Gasteiger partial charge < -0.3 is 15.4 Å². The Morgan fingerprint density at radius 3 is 2.66 bits per heavy atom. The number of nitrogens with one attached hydrogen (secondary N) is 3. The van der Waals surface area contributed by atoms with Gasteiger partial charge in [0.25, 0.3) is 11.8 Å². The molecule has 2 heterocycles. The molecule has 2 amide bonds. The molecule has 0 spiro atoms. The Hall–Kier alpha value is -4.41. The first kappa shape index (κ1) is 24.0. The molecule has 196 valence electrons. The van der Waals surface area contributed by atoms with Crippen molar-refractivity contribution in [2.45, 2.75) is 38.0 Å². The molecule has 0 unspecified atom stereocenters. The summed E-state index contributed by atoms with van der Waals surface area (Å²) in [7, 11) is 1.38. The van der Waals surface area contributed by atoms with E-state index < -0.39 is 23.7 Å². The van der Waals surface area contributed by atoms with E-state index in [0.29, 0.717) is 22.0 Å². The van der Waals surface area contributed by atoms with Gasteiger partial charge in [-0.2, -0.15) is 18.3 Å². The van der Waals surface area contributed by atoms with Crippen LogP contribution in [0, 0.1) is 0 Å². The summed E-state index contributed by atoms with van der Waals surface area (Å²) < 4.78 is 53.0. The maximum atomic E-state index is 13.1. The topological polar surface area (TPSA) is 109 Å². The van der Waals surface area contributed by atoms with E-state index in [4.69, 9.17) is 6.11 Å². The molecule has 1 fully saturated rings. The Labute approximate surface area is 217 Å². The minimum absolute atomic E-state index is 0.0844. The normalized spacial score (nSPS) is 14.6. The average molecular weight is 525 g/mol. The molecular formula is C27H24F3N5O3. The number of ether oxygens (including phenoxy) is 1. The van der Waals surface area contributed by atoms with E-state index >= 15 is 0 Å². The van der Waals surface area contributed by atoms with E-state index in [9.17, 15) is 22.8 Å². The quantitative estimate of drug-likeness (QED) is 0.314. The largest absolute Gasteiger partial charge is 0.481 e. The van der Waals surface area contributed by atoms with Crippen LogP contribution in [-0.4, -0.2) is 40.1 Å². The van der Waals surface area contributed by atoms with Crippen molar-refractivity contribution in [2.24, 2.45) is 0 Å². The number of aromatic amines is 1. The van der Waals surface area contributed by atoms with Gasteiger partial charge >= 0.3 is 6.18 Å². The van der Waals surface area contributed by atoms with E-state index in [1.165, 1.54) is 25.3 Å². The summed E-state index contributed by atoms with van der Waals surface area (Å²) in [6.07, 6.45) is -2.97. The van der Waals surface area contributed by atoms with Gasteiger partial charge in [-0.05, 0) is 61.2 Å². The smallest absolute Gasteiger partial charge is 0.416 e. The zero-order valence-corrected chi connectivity index (χ0v) is 20.4. The number of nitrogens with zero attached hydrogens (tertiary/aromatic N) is 2. The molecule has 0 saturated heterocycles. The molecule has 1 saturated carbocycles. The molecule has 1 aliphatic carbocycles. The fourth-order valence-electron chi connectivity index (χ4n) is 4.07. The maximum absolute atomic E-state index is 13.1. The first-order chi connectivity index (χ1) is 18.5. The molecular weight excluding hydrogens is 499 g/mol. The molecule has 1 atom stereocenters. The fraction of sp³-hybridized carbons (Fsp3) is 0.259. The number of hydrogen-bond acceptors (Lipinski definition) is 5. The highest BCUT2D eigenvalue weighted by atomic mass is 19.4. The van der Waals surface area contributed by atoms with Gasteiger partial charge in [0.2, 0.25) is 5.88 Å². The summed E-state index contributed by atoms with van der Waals surface area (Å²) in [5, 5.41) is 13.2. The molecule has 3 N–H and O–H groups in total. The number of hydrogen-bond donors (Lipinski definition) is 3. The van der Waals surface area contributed by atoms with Crippen LogP contribution in [0.5, 0.6) is 5.88 Å². The van der Waals surface area contributed by atoms with Gasteiger partial charge in [-0.15, -0.1) is 0 Å². The number of H-pyrrole nitrogens is 1. The fourth-order valence-corrected chi connectivity index (χ4v) is 4.07. The van der Waals surface area contributed by atoms with Crippen molar-refractivity contribution in [1.82, 2.24) is 25.8 Å². The second-order valence-corrected chi connectivity index (χ2v) is 9.10.